The van der Waals surface area contributed by atoms with E-state index in [1.807, 2.05) is 58.0 Å². The van der Waals surface area contributed by atoms with Crippen molar-refractivity contribution in [2.24, 2.45) is 5.92 Å². The Morgan fingerprint density at radius 3 is 2.57 bits per heavy atom. The summed E-state index contributed by atoms with van der Waals surface area (Å²) in [7, 11) is 0. The highest BCUT2D eigenvalue weighted by Gasteiger charge is 2.14. The van der Waals surface area contributed by atoms with E-state index in [4.69, 9.17) is 16.3 Å². The van der Waals surface area contributed by atoms with Crippen molar-refractivity contribution in [3.05, 3.63) is 58.4 Å². The van der Waals surface area contributed by atoms with Crippen molar-refractivity contribution >= 4 is 29.6 Å². The molecule has 28 heavy (non-hydrogen) atoms. The molecular weight excluding hydrogens is 378 g/mol. The van der Waals surface area contributed by atoms with E-state index in [0.717, 1.165) is 5.56 Å². The van der Waals surface area contributed by atoms with Gasteiger partial charge in [0, 0.05) is 17.7 Å². The van der Waals surface area contributed by atoms with Gasteiger partial charge in [-0.2, -0.15) is 5.10 Å². The number of aromatic nitrogens is 2. The molecule has 0 saturated carbocycles. The van der Waals surface area contributed by atoms with E-state index in [-0.39, 0.29) is 18.6 Å². The van der Waals surface area contributed by atoms with Gasteiger partial charge in [0.15, 0.2) is 6.61 Å². The number of nitrogens with zero attached hydrogens (tertiary/aromatic N) is 2. The van der Waals surface area contributed by atoms with Gasteiger partial charge in [-0.1, -0.05) is 55.8 Å². The lowest BCUT2D eigenvalue weighted by Crippen LogP contribution is -2.38. The van der Waals surface area contributed by atoms with Crippen molar-refractivity contribution in [3.63, 3.8) is 0 Å². The lowest BCUT2D eigenvalue weighted by Gasteiger charge is -2.16. The Hall–Kier alpha value is -2.60. The molecule has 0 saturated heterocycles. The predicted molar refractivity (Wildman–Crippen MR) is 110 cm³/mol. The maximum atomic E-state index is 11.9. The molecule has 1 aromatic carbocycles. The van der Waals surface area contributed by atoms with E-state index in [1.165, 1.54) is 6.08 Å². The third kappa shape index (κ3) is 6.23. The first kappa shape index (κ1) is 21.7. The molecule has 0 bridgehead atoms. The first-order chi connectivity index (χ1) is 13.3. The Morgan fingerprint density at radius 1 is 1.25 bits per heavy atom. The minimum Gasteiger partial charge on any atom is -0.452 e. The highest BCUT2D eigenvalue weighted by Crippen LogP contribution is 2.22. The summed E-state index contributed by atoms with van der Waals surface area (Å²) in [5.74, 6) is -0.636. The van der Waals surface area contributed by atoms with Crippen molar-refractivity contribution in [2.75, 3.05) is 6.61 Å². The lowest BCUT2D eigenvalue weighted by atomic mass is 10.1. The summed E-state index contributed by atoms with van der Waals surface area (Å²) in [5.41, 5.74) is 2.42. The van der Waals surface area contributed by atoms with Gasteiger partial charge in [-0.05, 0) is 31.4 Å². The molecule has 0 aliphatic heterocycles. The Morgan fingerprint density at radius 2 is 1.93 bits per heavy atom. The van der Waals surface area contributed by atoms with Gasteiger partial charge in [-0.3, -0.25) is 4.79 Å². The normalized spacial score (nSPS) is 12.4. The second-order valence-corrected chi connectivity index (χ2v) is 7.33. The summed E-state index contributed by atoms with van der Waals surface area (Å²) in [6.07, 6.45) is 2.81. The summed E-state index contributed by atoms with van der Waals surface area (Å²) in [6, 6.07) is 9.85. The van der Waals surface area contributed by atoms with Crippen LogP contribution >= 0.6 is 11.6 Å². The zero-order chi connectivity index (χ0) is 20.7. The van der Waals surface area contributed by atoms with Crippen molar-refractivity contribution in [3.8, 4) is 0 Å². The summed E-state index contributed by atoms with van der Waals surface area (Å²) in [6.45, 7) is 7.95. The van der Waals surface area contributed by atoms with Crippen LogP contribution in [0.5, 0.6) is 0 Å². The monoisotopic (exact) mass is 403 g/mol. The molecule has 6 nitrogen and oxygen atoms in total. The number of esters is 1. The first-order valence-corrected chi connectivity index (χ1v) is 9.56. The third-order valence-electron chi connectivity index (χ3n) is 4.40. The molecule has 7 heteroatoms. The van der Waals surface area contributed by atoms with E-state index in [2.05, 4.69) is 10.4 Å². The quantitative estimate of drug-likeness (QED) is 0.539. The molecule has 1 N–H and O–H groups in total. The highest BCUT2D eigenvalue weighted by molar-refractivity contribution is 6.31. The van der Waals surface area contributed by atoms with Crippen molar-refractivity contribution < 1.29 is 14.3 Å². The summed E-state index contributed by atoms with van der Waals surface area (Å²) < 4.78 is 6.66. The predicted octanol–water partition coefficient (Wildman–Crippen LogP) is 3.61. The molecule has 1 heterocycles. The lowest BCUT2D eigenvalue weighted by molar-refractivity contribution is -0.144. The van der Waals surface area contributed by atoms with Crippen molar-refractivity contribution in [1.29, 1.82) is 0 Å². The minimum atomic E-state index is -0.612. The molecule has 1 unspecified atom stereocenters. The number of carbonyl (C=O) groups is 2. The number of ether oxygens (including phenoxy) is 1. The van der Waals surface area contributed by atoms with Crippen LogP contribution in [0.1, 0.15) is 37.6 Å². The van der Waals surface area contributed by atoms with Gasteiger partial charge in [-0.15, -0.1) is 0 Å². The SMILES string of the molecule is Cc1nn(Cc2ccccc2)c(Cl)c1/C=C/C(=O)OCC(=O)NC(C)C(C)C. The standard InChI is InChI=1S/C21H26ClN3O3/c1-14(2)15(3)23-19(26)13-28-20(27)11-10-18-16(4)24-25(21(18)22)12-17-8-6-5-7-9-17/h5-11,14-15H,12-13H2,1-4H3,(H,23,26)/b11-10+. The maximum absolute atomic E-state index is 11.9. The number of carbonyl (C=O) groups excluding carboxylic acids is 2. The highest BCUT2D eigenvalue weighted by atomic mass is 35.5. The average molecular weight is 404 g/mol. The van der Waals surface area contributed by atoms with Crippen molar-refractivity contribution in [2.45, 2.75) is 40.3 Å². The van der Waals surface area contributed by atoms with Crippen LogP contribution in [0.2, 0.25) is 5.15 Å². The molecular formula is C21H26ClN3O3. The molecule has 1 amide bonds. The van der Waals surface area contributed by atoms with Crippen LogP contribution in [0.4, 0.5) is 0 Å². The van der Waals surface area contributed by atoms with Gasteiger partial charge in [0.1, 0.15) is 5.15 Å². The second-order valence-electron chi connectivity index (χ2n) is 6.97. The number of hydrogen-bond donors (Lipinski definition) is 1. The zero-order valence-electron chi connectivity index (χ0n) is 16.6. The number of halogens is 1. The molecule has 0 spiro atoms. The first-order valence-electron chi connectivity index (χ1n) is 9.19. The van der Waals surface area contributed by atoms with Gasteiger partial charge in [-0.25, -0.2) is 9.48 Å². The molecule has 0 radical (unpaired) electrons. The fourth-order valence-electron chi connectivity index (χ4n) is 2.42. The van der Waals surface area contributed by atoms with E-state index >= 15 is 0 Å². The largest absolute Gasteiger partial charge is 0.452 e. The van der Waals surface area contributed by atoms with E-state index in [1.54, 1.807) is 10.8 Å². The fraction of sp³-hybridized carbons (Fsp3) is 0.381. The van der Waals surface area contributed by atoms with Crippen LogP contribution in [0.3, 0.4) is 0 Å². The molecule has 0 fully saturated rings. The maximum Gasteiger partial charge on any atom is 0.331 e. The van der Waals surface area contributed by atoms with Crippen molar-refractivity contribution in [1.82, 2.24) is 15.1 Å². The number of hydrogen-bond acceptors (Lipinski definition) is 4. The smallest absolute Gasteiger partial charge is 0.331 e. The van der Waals surface area contributed by atoms with Gasteiger partial charge in [0.2, 0.25) is 0 Å². The average Bonchev–Trinajstić information content (AvgIpc) is 2.92. The number of rotatable bonds is 8. The topological polar surface area (TPSA) is 73.2 Å². The molecule has 1 atom stereocenters. The Kier molecular flexibility index (Phi) is 7.81. The Labute approximate surface area is 170 Å². The summed E-state index contributed by atoms with van der Waals surface area (Å²) in [5, 5.41) is 7.64. The van der Waals surface area contributed by atoms with E-state index in [9.17, 15) is 9.59 Å². The Bertz CT molecular complexity index is 844. The van der Waals surface area contributed by atoms with E-state index in [0.29, 0.717) is 28.9 Å². The molecule has 1 aromatic heterocycles. The second kappa shape index (κ2) is 10.1. The number of amides is 1. The molecule has 0 aliphatic carbocycles. The van der Waals surface area contributed by atoms with E-state index < -0.39 is 5.97 Å². The molecule has 2 aromatic rings. The van der Waals surface area contributed by atoms with Gasteiger partial charge >= 0.3 is 5.97 Å². The zero-order valence-corrected chi connectivity index (χ0v) is 17.4. The summed E-state index contributed by atoms with van der Waals surface area (Å²) >= 11 is 6.41. The molecule has 150 valence electrons. The van der Waals surface area contributed by atoms with Gasteiger partial charge in [0.05, 0.1) is 12.2 Å². The van der Waals surface area contributed by atoms with Crippen LogP contribution in [0.25, 0.3) is 6.08 Å². The number of nitrogens with one attached hydrogen (secondary N) is 1. The number of aryl methyl sites for hydroxylation is 1. The molecule has 2 rings (SSSR count). The van der Waals surface area contributed by atoms with Crippen LogP contribution in [-0.4, -0.2) is 34.3 Å². The molecule has 0 aliphatic rings. The van der Waals surface area contributed by atoms with Crippen LogP contribution in [0, 0.1) is 12.8 Å². The van der Waals surface area contributed by atoms with Crippen LogP contribution < -0.4 is 5.32 Å². The fourth-order valence-corrected chi connectivity index (χ4v) is 2.71. The number of benzene rings is 1. The third-order valence-corrected chi connectivity index (χ3v) is 4.80. The van der Waals surface area contributed by atoms with Crippen LogP contribution in [-0.2, 0) is 20.9 Å². The minimum absolute atomic E-state index is 0.0126. The van der Waals surface area contributed by atoms with Gasteiger partial charge < -0.3 is 10.1 Å². The van der Waals surface area contributed by atoms with Gasteiger partial charge in [0.25, 0.3) is 5.91 Å². The van der Waals surface area contributed by atoms with Crippen LogP contribution in [0.15, 0.2) is 36.4 Å². The summed E-state index contributed by atoms with van der Waals surface area (Å²) in [4.78, 5) is 23.7. The Balaban J connectivity index is 1.94.